The average molecular weight is 386 g/mol. The predicted octanol–water partition coefficient (Wildman–Crippen LogP) is 2.07. The van der Waals surface area contributed by atoms with Gasteiger partial charge in [0, 0.05) is 23.8 Å². The number of esters is 1. The van der Waals surface area contributed by atoms with Gasteiger partial charge in [-0.15, -0.1) is 0 Å². The minimum absolute atomic E-state index is 0.0339. The number of nitrogens with zero attached hydrogens (tertiary/aromatic N) is 4. The number of anilines is 1. The molecule has 0 amide bonds. The van der Waals surface area contributed by atoms with Crippen molar-refractivity contribution < 1.29 is 23.9 Å². The number of methoxy groups -OCH3 is 1. The maximum atomic E-state index is 11.1. The Morgan fingerprint density at radius 2 is 2.07 bits per heavy atom. The quantitative estimate of drug-likeness (QED) is 0.183. The van der Waals surface area contributed by atoms with Gasteiger partial charge in [-0.3, -0.25) is 25.7 Å². The highest BCUT2D eigenvalue weighted by molar-refractivity contribution is 5.86. The number of carbonyl (C=O) groups is 1. The summed E-state index contributed by atoms with van der Waals surface area (Å²) in [4.78, 5) is 31.5. The highest BCUT2D eigenvalue weighted by atomic mass is 16.6. The van der Waals surface area contributed by atoms with Gasteiger partial charge in [0.1, 0.15) is 5.69 Å². The van der Waals surface area contributed by atoms with Gasteiger partial charge in [0.2, 0.25) is 0 Å². The topological polar surface area (TPSA) is 141 Å². The summed E-state index contributed by atoms with van der Waals surface area (Å²) in [7, 11) is 1.29. The van der Waals surface area contributed by atoms with Crippen LogP contribution in [-0.2, 0) is 16.1 Å². The van der Waals surface area contributed by atoms with Gasteiger partial charge in [0.15, 0.2) is 18.9 Å². The Kier molecular flexibility index (Phi) is 6.86. The maximum absolute atomic E-state index is 11.1. The molecule has 0 saturated heterocycles. The lowest BCUT2D eigenvalue weighted by Gasteiger charge is -2.01. The van der Waals surface area contributed by atoms with Crippen molar-refractivity contribution in [2.45, 2.75) is 6.54 Å². The molecule has 0 aliphatic carbocycles. The predicted molar refractivity (Wildman–Crippen MR) is 99.6 cm³/mol. The van der Waals surface area contributed by atoms with Gasteiger partial charge in [-0.05, 0) is 18.2 Å². The number of benzene rings is 1. The number of ether oxygens (including phenoxy) is 1. The summed E-state index contributed by atoms with van der Waals surface area (Å²) >= 11 is 0. The Morgan fingerprint density at radius 1 is 1.29 bits per heavy atom. The molecule has 144 valence electrons. The third-order valence-corrected chi connectivity index (χ3v) is 3.45. The van der Waals surface area contributed by atoms with Crippen LogP contribution in [0.25, 0.3) is 6.08 Å². The van der Waals surface area contributed by atoms with Crippen molar-refractivity contribution >= 4 is 35.3 Å². The molecule has 0 spiro atoms. The number of nitro groups is 2. The second-order valence-corrected chi connectivity index (χ2v) is 5.33. The maximum Gasteiger partial charge on any atom is 0.330 e. The fourth-order valence-electron chi connectivity index (χ4n) is 2.12. The van der Waals surface area contributed by atoms with Gasteiger partial charge in [-0.1, -0.05) is 0 Å². The van der Waals surface area contributed by atoms with Crippen LogP contribution in [-0.4, -0.2) is 29.1 Å². The van der Waals surface area contributed by atoms with E-state index in [1.807, 2.05) is 0 Å². The van der Waals surface area contributed by atoms with E-state index in [0.29, 0.717) is 6.54 Å². The SMILES string of the molecule is COC(=O)/C=C/c1ccc[n+](C/C=N/Nc2ccc([N+](=O)[O-])cc2[N+](=O)[O-])c1. The fourth-order valence-corrected chi connectivity index (χ4v) is 2.12. The van der Waals surface area contributed by atoms with Crippen LogP contribution in [0.1, 0.15) is 5.56 Å². The molecule has 1 N–H and O–H groups in total. The molecule has 11 heteroatoms. The molecule has 2 aromatic rings. The first-order valence-electron chi connectivity index (χ1n) is 7.86. The Balaban J connectivity index is 2.04. The highest BCUT2D eigenvalue weighted by Gasteiger charge is 2.19. The summed E-state index contributed by atoms with van der Waals surface area (Å²) in [6.45, 7) is 0.341. The number of nitro benzene ring substituents is 2. The smallest absolute Gasteiger partial charge is 0.330 e. The van der Waals surface area contributed by atoms with E-state index in [1.54, 1.807) is 35.2 Å². The van der Waals surface area contributed by atoms with Crippen molar-refractivity contribution in [3.05, 3.63) is 74.6 Å². The van der Waals surface area contributed by atoms with Crippen molar-refractivity contribution in [3.63, 3.8) is 0 Å². The Bertz CT molecular complexity index is 957. The van der Waals surface area contributed by atoms with E-state index in [0.717, 1.165) is 17.7 Å². The zero-order valence-electron chi connectivity index (χ0n) is 14.7. The van der Waals surface area contributed by atoms with Crippen LogP contribution < -0.4 is 9.99 Å². The number of nitrogens with one attached hydrogen (secondary N) is 1. The second kappa shape index (κ2) is 9.52. The number of hydrogen-bond donors (Lipinski definition) is 1. The molecule has 0 radical (unpaired) electrons. The fraction of sp³-hybridized carbons (Fsp3) is 0.118. The molecule has 0 aliphatic rings. The zero-order chi connectivity index (χ0) is 20.5. The first-order valence-corrected chi connectivity index (χ1v) is 7.86. The number of pyridine rings is 1. The van der Waals surface area contributed by atoms with Crippen LogP contribution in [0, 0.1) is 20.2 Å². The van der Waals surface area contributed by atoms with Gasteiger partial charge in [-0.2, -0.15) is 9.67 Å². The largest absolute Gasteiger partial charge is 0.466 e. The van der Waals surface area contributed by atoms with Crippen molar-refractivity contribution in [1.82, 2.24) is 0 Å². The molecule has 0 bridgehead atoms. The lowest BCUT2D eigenvalue weighted by molar-refractivity contribution is -0.681. The first-order chi connectivity index (χ1) is 13.4. The van der Waals surface area contributed by atoms with E-state index < -0.39 is 21.5 Å². The van der Waals surface area contributed by atoms with Crippen molar-refractivity contribution in [1.29, 1.82) is 0 Å². The van der Waals surface area contributed by atoms with Crippen LogP contribution in [0.5, 0.6) is 0 Å². The summed E-state index contributed by atoms with van der Waals surface area (Å²) < 4.78 is 6.29. The van der Waals surface area contributed by atoms with E-state index in [4.69, 9.17) is 0 Å². The van der Waals surface area contributed by atoms with E-state index in [2.05, 4.69) is 15.3 Å². The van der Waals surface area contributed by atoms with Crippen LogP contribution in [0.15, 0.2) is 53.9 Å². The van der Waals surface area contributed by atoms with Crippen molar-refractivity contribution in [2.75, 3.05) is 12.5 Å². The molecule has 1 aromatic carbocycles. The molecule has 2 rings (SSSR count). The van der Waals surface area contributed by atoms with Crippen molar-refractivity contribution in [3.8, 4) is 0 Å². The van der Waals surface area contributed by atoms with Gasteiger partial charge < -0.3 is 4.74 Å². The molecular formula is C17H16N5O6+. The monoisotopic (exact) mass is 386 g/mol. The molecule has 0 unspecified atom stereocenters. The lowest BCUT2D eigenvalue weighted by atomic mass is 10.2. The number of hydrogen-bond acceptors (Lipinski definition) is 8. The number of rotatable bonds is 8. The minimum Gasteiger partial charge on any atom is -0.466 e. The summed E-state index contributed by atoms with van der Waals surface area (Å²) in [5.41, 5.74) is 2.48. The highest BCUT2D eigenvalue weighted by Crippen LogP contribution is 2.28. The van der Waals surface area contributed by atoms with Crippen LogP contribution in [0.4, 0.5) is 17.1 Å². The first kappa shape index (κ1) is 20.2. The summed E-state index contributed by atoms with van der Waals surface area (Å²) in [5, 5.41) is 25.7. The second-order valence-electron chi connectivity index (χ2n) is 5.33. The number of non-ortho nitro benzene ring substituents is 1. The third-order valence-electron chi connectivity index (χ3n) is 3.45. The van der Waals surface area contributed by atoms with Gasteiger partial charge >= 0.3 is 11.7 Å². The standard InChI is InChI=1S/C17H16N5O6/c1-28-17(23)7-4-13-3-2-9-20(12-13)10-8-18-19-15-6-5-14(21(24)25)11-16(15)22(26)27/h2-9,11-12,19H,10H2,1H3/q+1/b7-4+,18-8+. The summed E-state index contributed by atoms with van der Waals surface area (Å²) in [6, 6.07) is 6.81. The molecule has 0 fully saturated rings. The van der Waals surface area contributed by atoms with E-state index in [1.165, 1.54) is 25.5 Å². The normalized spacial score (nSPS) is 10.9. The third kappa shape index (κ3) is 5.69. The molecule has 0 aliphatic heterocycles. The van der Waals surface area contributed by atoms with Crippen LogP contribution >= 0.6 is 0 Å². The van der Waals surface area contributed by atoms with Crippen molar-refractivity contribution in [2.24, 2.45) is 5.10 Å². The summed E-state index contributed by atoms with van der Waals surface area (Å²) in [6.07, 6.45) is 7.90. The Morgan fingerprint density at radius 3 is 2.75 bits per heavy atom. The van der Waals surface area contributed by atoms with E-state index >= 15 is 0 Å². The molecule has 11 nitrogen and oxygen atoms in total. The molecular weight excluding hydrogens is 370 g/mol. The number of hydrazone groups is 1. The van der Waals surface area contributed by atoms with Crippen LogP contribution in [0.2, 0.25) is 0 Å². The average Bonchev–Trinajstić information content (AvgIpc) is 2.69. The van der Waals surface area contributed by atoms with E-state index in [9.17, 15) is 25.0 Å². The number of carbonyl (C=O) groups excluding carboxylic acids is 1. The molecule has 1 heterocycles. The van der Waals surface area contributed by atoms with Gasteiger partial charge in [0.05, 0.1) is 29.2 Å². The van der Waals surface area contributed by atoms with Gasteiger partial charge in [0.25, 0.3) is 5.69 Å². The summed E-state index contributed by atoms with van der Waals surface area (Å²) in [5.74, 6) is -0.467. The molecule has 28 heavy (non-hydrogen) atoms. The Labute approximate surface area is 158 Å². The van der Waals surface area contributed by atoms with E-state index in [-0.39, 0.29) is 11.4 Å². The minimum atomic E-state index is -0.725. The molecule has 0 saturated carbocycles. The lowest BCUT2D eigenvalue weighted by Crippen LogP contribution is -2.33. The molecule has 1 aromatic heterocycles. The van der Waals surface area contributed by atoms with Crippen LogP contribution in [0.3, 0.4) is 0 Å². The van der Waals surface area contributed by atoms with Gasteiger partial charge in [-0.25, -0.2) is 4.79 Å². The Hall–Kier alpha value is -4.15. The number of aromatic nitrogens is 1. The zero-order valence-corrected chi connectivity index (χ0v) is 14.7. The molecule has 0 atom stereocenters.